The summed E-state index contributed by atoms with van der Waals surface area (Å²) in [6, 6.07) is 6.66. The number of aromatic nitrogens is 1. The molecule has 26 heavy (non-hydrogen) atoms. The monoisotopic (exact) mass is 377 g/mol. The Morgan fingerprint density at radius 2 is 2.12 bits per heavy atom. The zero-order valence-corrected chi connectivity index (χ0v) is 14.9. The highest BCUT2D eigenvalue weighted by atomic mass is 32.2. The van der Waals surface area contributed by atoms with E-state index in [1.165, 1.54) is 4.90 Å². The second-order valence-corrected chi connectivity index (χ2v) is 6.82. The van der Waals surface area contributed by atoms with Crippen LogP contribution in [0.25, 0.3) is 11.1 Å². The molecule has 1 aromatic carbocycles. The van der Waals surface area contributed by atoms with E-state index in [9.17, 15) is 14.4 Å². The van der Waals surface area contributed by atoms with E-state index in [1.54, 1.807) is 6.07 Å². The standard InChI is InChI=1S/C17H19N3O5S/c18-16(23)12-6-3-4-8-20(12)14(21)9-24-15(22)10-26-17-19-11-5-1-2-7-13(11)25-17/h1-2,5,7,12H,3-4,6,8-10H2,(H2,18,23)/t12-/m0/s1. The van der Waals surface area contributed by atoms with Crippen molar-refractivity contribution >= 4 is 40.6 Å². The minimum Gasteiger partial charge on any atom is -0.455 e. The van der Waals surface area contributed by atoms with E-state index in [-0.39, 0.29) is 5.75 Å². The van der Waals surface area contributed by atoms with Crippen LogP contribution in [0, 0.1) is 0 Å². The summed E-state index contributed by atoms with van der Waals surface area (Å²) in [6.07, 6.45) is 2.19. The van der Waals surface area contributed by atoms with Crippen LogP contribution in [-0.2, 0) is 19.1 Å². The number of primary amides is 1. The molecule has 0 aliphatic carbocycles. The maximum Gasteiger partial charge on any atom is 0.316 e. The van der Waals surface area contributed by atoms with E-state index in [0.717, 1.165) is 24.6 Å². The van der Waals surface area contributed by atoms with Crippen molar-refractivity contribution in [2.24, 2.45) is 5.73 Å². The van der Waals surface area contributed by atoms with Gasteiger partial charge in [0.15, 0.2) is 12.2 Å². The second-order valence-electron chi connectivity index (χ2n) is 5.90. The summed E-state index contributed by atoms with van der Waals surface area (Å²) in [5.74, 6) is -1.53. The molecule has 0 bridgehead atoms. The molecule has 1 fully saturated rings. The summed E-state index contributed by atoms with van der Waals surface area (Å²) >= 11 is 1.10. The Bertz CT molecular complexity index is 789. The summed E-state index contributed by atoms with van der Waals surface area (Å²) in [5.41, 5.74) is 6.68. The van der Waals surface area contributed by atoms with E-state index in [2.05, 4.69) is 4.98 Å². The number of amides is 2. The molecule has 8 nitrogen and oxygen atoms in total. The van der Waals surface area contributed by atoms with E-state index < -0.39 is 30.4 Å². The third kappa shape index (κ3) is 4.34. The Morgan fingerprint density at radius 3 is 2.88 bits per heavy atom. The predicted octanol–water partition coefficient (Wildman–Crippen LogP) is 1.33. The van der Waals surface area contributed by atoms with Gasteiger partial charge in [-0.3, -0.25) is 14.4 Å². The van der Waals surface area contributed by atoms with Crippen molar-refractivity contribution in [3.63, 3.8) is 0 Å². The summed E-state index contributed by atoms with van der Waals surface area (Å²) in [4.78, 5) is 41.2. The predicted molar refractivity (Wildman–Crippen MR) is 94.2 cm³/mol. The lowest BCUT2D eigenvalue weighted by molar-refractivity contribution is -0.153. The summed E-state index contributed by atoms with van der Waals surface area (Å²) in [5, 5.41) is 0.360. The number of hydrogen-bond donors (Lipinski definition) is 1. The number of thioether (sulfide) groups is 1. The highest BCUT2D eigenvalue weighted by Gasteiger charge is 2.30. The molecule has 9 heteroatoms. The number of likely N-dealkylation sites (tertiary alicyclic amines) is 1. The van der Waals surface area contributed by atoms with E-state index in [4.69, 9.17) is 14.9 Å². The molecule has 2 N–H and O–H groups in total. The number of para-hydroxylation sites is 2. The van der Waals surface area contributed by atoms with Gasteiger partial charge in [-0.2, -0.15) is 0 Å². The first-order chi connectivity index (χ1) is 12.5. The van der Waals surface area contributed by atoms with Gasteiger partial charge < -0.3 is 19.8 Å². The number of ether oxygens (including phenoxy) is 1. The Balaban J connectivity index is 1.47. The minimum absolute atomic E-state index is 0.0284. The number of nitrogens with zero attached hydrogens (tertiary/aromatic N) is 2. The zero-order valence-electron chi connectivity index (χ0n) is 14.1. The number of hydrogen-bond acceptors (Lipinski definition) is 7. The topological polar surface area (TPSA) is 116 Å². The van der Waals surface area contributed by atoms with E-state index >= 15 is 0 Å². The molecule has 1 aliphatic rings. The van der Waals surface area contributed by atoms with Crippen molar-refractivity contribution in [2.75, 3.05) is 18.9 Å². The first-order valence-corrected chi connectivity index (χ1v) is 9.26. The van der Waals surface area contributed by atoms with Gasteiger partial charge in [0.05, 0.1) is 0 Å². The Labute approximate surface area is 154 Å². The highest BCUT2D eigenvalue weighted by Crippen LogP contribution is 2.23. The van der Waals surface area contributed by atoms with Crippen LogP contribution in [0.15, 0.2) is 33.9 Å². The van der Waals surface area contributed by atoms with Crippen LogP contribution in [0.3, 0.4) is 0 Å². The molecule has 0 radical (unpaired) electrons. The molecule has 0 saturated carbocycles. The van der Waals surface area contributed by atoms with Crippen molar-refractivity contribution in [1.82, 2.24) is 9.88 Å². The molecule has 3 rings (SSSR count). The van der Waals surface area contributed by atoms with Crippen LogP contribution in [0.1, 0.15) is 19.3 Å². The molecule has 0 spiro atoms. The van der Waals surface area contributed by atoms with Crippen LogP contribution >= 0.6 is 11.8 Å². The number of carbonyl (C=O) groups excluding carboxylic acids is 3. The van der Waals surface area contributed by atoms with Crippen LogP contribution < -0.4 is 5.73 Å². The Kier molecular flexibility index (Phi) is 5.77. The van der Waals surface area contributed by atoms with Crippen LogP contribution in [-0.4, -0.2) is 52.6 Å². The van der Waals surface area contributed by atoms with Gasteiger partial charge in [-0.1, -0.05) is 23.9 Å². The first kappa shape index (κ1) is 18.2. The average molecular weight is 377 g/mol. The number of oxazole rings is 1. The number of fused-ring (bicyclic) bond motifs is 1. The quantitative estimate of drug-likeness (QED) is 0.596. The molecule has 2 heterocycles. The van der Waals surface area contributed by atoms with Crippen molar-refractivity contribution in [3.05, 3.63) is 24.3 Å². The third-order valence-electron chi connectivity index (χ3n) is 4.10. The van der Waals surface area contributed by atoms with Gasteiger partial charge in [-0.05, 0) is 31.4 Å². The summed E-state index contributed by atoms with van der Waals surface area (Å²) in [6.45, 7) is 0.0401. The minimum atomic E-state index is -0.621. The van der Waals surface area contributed by atoms with Gasteiger partial charge in [-0.15, -0.1) is 0 Å². The number of rotatable bonds is 6. The highest BCUT2D eigenvalue weighted by molar-refractivity contribution is 7.99. The fourth-order valence-corrected chi connectivity index (χ4v) is 3.46. The van der Waals surface area contributed by atoms with Crippen LogP contribution in [0.4, 0.5) is 0 Å². The van der Waals surface area contributed by atoms with Crippen molar-refractivity contribution < 1.29 is 23.5 Å². The van der Waals surface area contributed by atoms with Gasteiger partial charge in [0.2, 0.25) is 5.91 Å². The van der Waals surface area contributed by atoms with Crippen LogP contribution in [0.5, 0.6) is 0 Å². The number of nitrogens with two attached hydrogens (primary N) is 1. The van der Waals surface area contributed by atoms with Gasteiger partial charge >= 0.3 is 5.97 Å². The maximum absolute atomic E-state index is 12.2. The molecular weight excluding hydrogens is 358 g/mol. The van der Waals surface area contributed by atoms with E-state index in [1.807, 2.05) is 18.2 Å². The average Bonchev–Trinajstić information content (AvgIpc) is 3.07. The largest absolute Gasteiger partial charge is 0.455 e. The molecular formula is C17H19N3O5S. The number of piperidine rings is 1. The fourth-order valence-electron chi connectivity index (χ4n) is 2.83. The van der Waals surface area contributed by atoms with Gasteiger partial charge in [0.25, 0.3) is 11.1 Å². The molecule has 1 atom stereocenters. The maximum atomic E-state index is 12.2. The summed E-state index contributed by atoms with van der Waals surface area (Å²) in [7, 11) is 0. The lowest BCUT2D eigenvalue weighted by Gasteiger charge is -2.33. The Morgan fingerprint density at radius 1 is 1.31 bits per heavy atom. The smallest absolute Gasteiger partial charge is 0.316 e. The molecule has 2 amide bonds. The lowest BCUT2D eigenvalue weighted by Crippen LogP contribution is -2.51. The van der Waals surface area contributed by atoms with Crippen molar-refractivity contribution in [3.8, 4) is 0 Å². The van der Waals surface area contributed by atoms with Gasteiger partial charge in [0.1, 0.15) is 17.3 Å². The van der Waals surface area contributed by atoms with Crippen molar-refractivity contribution in [2.45, 2.75) is 30.5 Å². The Hall–Kier alpha value is -2.55. The molecule has 2 aromatic rings. The van der Waals surface area contributed by atoms with Crippen molar-refractivity contribution in [1.29, 1.82) is 0 Å². The third-order valence-corrected chi connectivity index (χ3v) is 4.90. The lowest BCUT2D eigenvalue weighted by atomic mass is 10.0. The molecule has 138 valence electrons. The van der Waals surface area contributed by atoms with Gasteiger partial charge in [-0.25, -0.2) is 4.98 Å². The fraction of sp³-hybridized carbons (Fsp3) is 0.412. The normalized spacial score (nSPS) is 17.2. The zero-order chi connectivity index (χ0) is 18.5. The number of esters is 1. The first-order valence-electron chi connectivity index (χ1n) is 8.27. The molecule has 1 aliphatic heterocycles. The molecule has 0 unspecified atom stereocenters. The second kappa shape index (κ2) is 8.22. The van der Waals surface area contributed by atoms with E-state index in [0.29, 0.717) is 29.3 Å². The number of carbonyl (C=O) groups is 3. The summed E-state index contributed by atoms with van der Waals surface area (Å²) < 4.78 is 10.5. The molecule has 1 saturated heterocycles. The number of benzene rings is 1. The van der Waals surface area contributed by atoms with Crippen LogP contribution in [0.2, 0.25) is 0 Å². The molecule has 1 aromatic heterocycles. The SMILES string of the molecule is NC(=O)[C@@H]1CCCCN1C(=O)COC(=O)CSc1nc2ccccc2o1. The van der Waals surface area contributed by atoms with Gasteiger partial charge in [0, 0.05) is 6.54 Å².